The fourth-order valence-corrected chi connectivity index (χ4v) is 3.84. The van der Waals surface area contributed by atoms with E-state index in [2.05, 4.69) is 4.74 Å². The number of anilines is 1. The molecule has 1 heterocycles. The Morgan fingerprint density at radius 3 is 2.08 bits per heavy atom. The quantitative estimate of drug-likeness (QED) is 0.153. The summed E-state index contributed by atoms with van der Waals surface area (Å²) >= 11 is 1.01. The van der Waals surface area contributed by atoms with Gasteiger partial charge in [-0.3, -0.25) is 4.79 Å². The van der Waals surface area contributed by atoms with Crippen LogP contribution in [-0.4, -0.2) is 24.6 Å². The number of hydrogen-bond donors (Lipinski definition) is 1. The van der Waals surface area contributed by atoms with Gasteiger partial charge in [-0.1, -0.05) is 0 Å². The van der Waals surface area contributed by atoms with E-state index < -0.39 is 56.9 Å². The standard InChI is InChI=1S/C20H9F10IN2O3/c21-17(18(22,23)24,19(25,26)27)11-7-12(31)15(14(8-11)36-20(28,29)30)32-16(34)10-4-3-9-2-1-5-33(35)13(9)6-10/h1-8H,(H,32,34). The van der Waals surface area contributed by atoms with E-state index in [0.717, 1.165) is 40.9 Å². The first-order chi connectivity index (χ1) is 16.3. The fraction of sp³-hybridized carbons (Fsp3) is 0.200. The van der Waals surface area contributed by atoms with Gasteiger partial charge in [0.2, 0.25) is 5.52 Å². The van der Waals surface area contributed by atoms with Gasteiger partial charge in [0.15, 0.2) is 11.9 Å². The summed E-state index contributed by atoms with van der Waals surface area (Å²) in [6.45, 7) is 0. The average Bonchev–Trinajstić information content (AvgIpc) is 2.72. The Balaban J connectivity index is 2.14. The highest BCUT2D eigenvalue weighted by Crippen LogP contribution is 2.54. The van der Waals surface area contributed by atoms with E-state index in [9.17, 15) is 53.9 Å². The summed E-state index contributed by atoms with van der Waals surface area (Å²) in [6, 6.07) is 5.94. The number of aromatic nitrogens is 1. The van der Waals surface area contributed by atoms with Gasteiger partial charge in [0.05, 0.1) is 5.69 Å². The van der Waals surface area contributed by atoms with Crippen LogP contribution >= 0.6 is 22.6 Å². The first-order valence-electron chi connectivity index (χ1n) is 9.20. The van der Waals surface area contributed by atoms with Gasteiger partial charge in [0, 0.05) is 32.2 Å². The zero-order valence-corrected chi connectivity index (χ0v) is 19.1. The molecule has 16 heteroatoms. The Bertz CT molecular complexity index is 1310. The van der Waals surface area contributed by atoms with Crippen molar-refractivity contribution in [2.45, 2.75) is 24.4 Å². The molecule has 5 nitrogen and oxygen atoms in total. The Hall–Kier alpha value is -3.05. The third kappa shape index (κ3) is 5.22. The molecular weight excluding hydrogens is 633 g/mol. The van der Waals surface area contributed by atoms with Gasteiger partial charge in [-0.15, -0.1) is 13.2 Å². The van der Waals surface area contributed by atoms with E-state index in [4.69, 9.17) is 0 Å². The van der Waals surface area contributed by atoms with Crippen molar-refractivity contribution in [2.24, 2.45) is 0 Å². The maximum absolute atomic E-state index is 14.5. The number of rotatable bonds is 4. The molecule has 2 aromatic carbocycles. The number of carbonyl (C=O) groups is 1. The average molecular weight is 642 g/mol. The van der Waals surface area contributed by atoms with Crippen LogP contribution in [0.1, 0.15) is 15.9 Å². The Morgan fingerprint density at radius 2 is 1.53 bits per heavy atom. The van der Waals surface area contributed by atoms with Crippen LogP contribution in [0, 0.1) is 8.78 Å². The van der Waals surface area contributed by atoms with Crippen molar-refractivity contribution in [3.63, 3.8) is 0 Å². The van der Waals surface area contributed by atoms with E-state index in [1.165, 1.54) is 18.2 Å². The maximum Gasteiger partial charge on any atom is 0.573 e. The lowest BCUT2D eigenvalue weighted by molar-refractivity contribution is -0.577. The first kappa shape index (κ1) is 27.5. The van der Waals surface area contributed by atoms with Gasteiger partial charge in [0.25, 0.3) is 5.91 Å². The van der Waals surface area contributed by atoms with Crippen LogP contribution in [0.5, 0.6) is 5.75 Å². The smallest absolute Gasteiger partial charge is 0.573 e. The predicted molar refractivity (Wildman–Crippen MR) is 112 cm³/mol. The summed E-state index contributed by atoms with van der Waals surface area (Å²) in [5, 5.41) is 14.2. The molecule has 1 aromatic heterocycles. The lowest BCUT2D eigenvalue weighted by Gasteiger charge is -2.31. The number of pyridine rings is 1. The highest BCUT2D eigenvalue weighted by atomic mass is 127. The number of carbonyl (C=O) groups excluding carboxylic acids is 1. The number of benzene rings is 2. The monoisotopic (exact) mass is 642 g/mol. The van der Waals surface area contributed by atoms with Crippen LogP contribution in [0.15, 0.2) is 48.7 Å². The van der Waals surface area contributed by atoms with Crippen LogP contribution in [0.3, 0.4) is 0 Å². The second kappa shape index (κ2) is 9.11. The number of halogens is 11. The van der Waals surface area contributed by atoms with E-state index in [0.29, 0.717) is 10.1 Å². The molecule has 36 heavy (non-hydrogen) atoms. The molecule has 0 radical (unpaired) electrons. The van der Waals surface area contributed by atoms with E-state index in [-0.39, 0.29) is 17.1 Å². The maximum atomic E-state index is 14.5. The minimum atomic E-state index is -6.60. The minimum absolute atomic E-state index is 0.0214. The Morgan fingerprint density at radius 1 is 0.917 bits per heavy atom. The van der Waals surface area contributed by atoms with E-state index in [1.54, 1.807) is 0 Å². The number of amides is 1. The normalized spacial score (nSPS) is 13.1. The molecule has 1 N–H and O–H groups in total. The molecule has 0 aliphatic rings. The van der Waals surface area contributed by atoms with Crippen molar-refractivity contribution >= 4 is 45.1 Å². The van der Waals surface area contributed by atoms with Gasteiger partial charge in [-0.05, 0) is 52.9 Å². The molecule has 3 aromatic rings. The predicted octanol–water partition coefficient (Wildman–Crippen LogP) is 6.52. The van der Waals surface area contributed by atoms with Crippen LogP contribution in [0.2, 0.25) is 0 Å². The number of nitrogens with one attached hydrogen (secondary N) is 1. The van der Waals surface area contributed by atoms with Crippen LogP contribution in [0.25, 0.3) is 10.9 Å². The second-order valence-corrected chi connectivity index (χ2v) is 8.26. The SMILES string of the molecule is O=C(Nc1c(I)cc(C(F)(C(F)(F)F)C(F)(F)F)cc1OC(F)(F)F)c1ccc2ccc[n+]([O-])c2c1. The Kier molecular flexibility index (Phi) is 6.97. The molecule has 0 saturated heterocycles. The molecule has 0 fully saturated rings. The molecule has 1 amide bonds. The summed E-state index contributed by atoms with van der Waals surface area (Å²) in [5.41, 5.74) is -9.62. The molecule has 0 bridgehead atoms. The molecular formula is C20H9F10IN2O3. The van der Waals surface area contributed by atoms with Gasteiger partial charge in [-0.2, -0.15) is 31.1 Å². The van der Waals surface area contributed by atoms with Crippen molar-refractivity contribution in [1.82, 2.24) is 0 Å². The summed E-state index contributed by atoms with van der Waals surface area (Å²) in [7, 11) is 0. The van der Waals surface area contributed by atoms with Gasteiger partial charge in [-0.25, -0.2) is 4.39 Å². The Labute approximate surface area is 207 Å². The molecule has 194 valence electrons. The zero-order valence-electron chi connectivity index (χ0n) is 16.9. The summed E-state index contributed by atoms with van der Waals surface area (Å²) in [4.78, 5) is 12.6. The van der Waals surface area contributed by atoms with Gasteiger partial charge >= 0.3 is 24.4 Å². The number of ether oxygens (including phenoxy) is 1. The number of alkyl halides is 10. The highest BCUT2D eigenvalue weighted by molar-refractivity contribution is 14.1. The molecule has 0 unspecified atom stereocenters. The lowest BCUT2D eigenvalue weighted by Crippen LogP contribution is -2.50. The van der Waals surface area contributed by atoms with E-state index in [1.807, 2.05) is 5.32 Å². The largest absolute Gasteiger partial charge is 0.618 e. The number of fused-ring (bicyclic) bond motifs is 1. The molecule has 3 rings (SSSR count). The van der Waals surface area contributed by atoms with Crippen LogP contribution in [-0.2, 0) is 5.67 Å². The lowest BCUT2D eigenvalue weighted by atomic mass is 9.93. The van der Waals surface area contributed by atoms with Crippen molar-refractivity contribution in [2.75, 3.05) is 5.32 Å². The van der Waals surface area contributed by atoms with E-state index >= 15 is 0 Å². The summed E-state index contributed by atoms with van der Waals surface area (Å²) in [6.07, 6.45) is -17.8. The zero-order chi connectivity index (χ0) is 27.3. The first-order valence-corrected chi connectivity index (χ1v) is 10.3. The van der Waals surface area contributed by atoms with Crippen LogP contribution < -0.4 is 14.8 Å². The number of nitrogens with zero attached hydrogens (tertiary/aromatic N) is 1. The molecule has 0 aliphatic heterocycles. The van der Waals surface area contributed by atoms with Crippen LogP contribution in [0.4, 0.5) is 49.6 Å². The summed E-state index contributed by atoms with van der Waals surface area (Å²) < 4.78 is 135. The van der Waals surface area contributed by atoms with Crippen molar-refractivity contribution in [3.05, 3.63) is 68.6 Å². The molecule has 0 saturated carbocycles. The topological polar surface area (TPSA) is 65.3 Å². The second-order valence-electron chi connectivity index (χ2n) is 7.09. The minimum Gasteiger partial charge on any atom is -0.618 e. The van der Waals surface area contributed by atoms with Crippen molar-refractivity contribution in [3.8, 4) is 5.75 Å². The van der Waals surface area contributed by atoms with Crippen molar-refractivity contribution < 1.29 is 58.2 Å². The fourth-order valence-electron chi connectivity index (χ4n) is 3.10. The summed E-state index contributed by atoms with van der Waals surface area (Å²) in [5.74, 6) is -2.93. The third-order valence-electron chi connectivity index (χ3n) is 4.72. The third-order valence-corrected chi connectivity index (χ3v) is 5.58. The molecule has 0 aliphatic carbocycles. The molecule has 0 spiro atoms. The van der Waals surface area contributed by atoms with Crippen molar-refractivity contribution in [1.29, 1.82) is 0 Å². The number of hydrogen-bond acceptors (Lipinski definition) is 3. The van der Waals surface area contributed by atoms with Gasteiger partial charge in [0.1, 0.15) is 0 Å². The van der Waals surface area contributed by atoms with Gasteiger partial charge < -0.3 is 15.3 Å². The highest BCUT2D eigenvalue weighted by Gasteiger charge is 2.73. The molecule has 0 atom stereocenters.